The lowest BCUT2D eigenvalue weighted by Gasteiger charge is -2.12. The van der Waals surface area contributed by atoms with E-state index < -0.39 is 0 Å². The number of hydrogen-bond donors (Lipinski definition) is 1. The maximum absolute atomic E-state index is 5.35. The lowest BCUT2D eigenvalue weighted by molar-refractivity contribution is 0.516. The van der Waals surface area contributed by atoms with Gasteiger partial charge in [0.25, 0.3) is 0 Å². The molecule has 1 heterocycles. The number of hydrogen-bond acceptors (Lipinski definition) is 2. The van der Waals surface area contributed by atoms with Crippen molar-refractivity contribution in [2.75, 3.05) is 0 Å². The first-order valence-corrected chi connectivity index (χ1v) is 7.83. The summed E-state index contributed by atoms with van der Waals surface area (Å²) >= 11 is 5.35. The molecule has 1 aliphatic carbocycles. The van der Waals surface area contributed by atoms with Crippen LogP contribution in [0.5, 0.6) is 0 Å². The molecule has 0 aliphatic heterocycles. The molecular formula is C17H20N2S. The van der Waals surface area contributed by atoms with Crippen molar-refractivity contribution in [1.82, 2.24) is 9.97 Å². The number of aromatic nitrogens is 2. The second kappa shape index (κ2) is 5.88. The molecule has 3 rings (SSSR count). The summed E-state index contributed by atoms with van der Waals surface area (Å²) in [5.41, 5.74) is 2.26. The molecule has 1 aliphatic rings. The van der Waals surface area contributed by atoms with Crippen molar-refractivity contribution in [1.29, 1.82) is 0 Å². The third-order valence-corrected chi connectivity index (χ3v) is 4.56. The minimum Gasteiger partial charge on any atom is -0.343 e. The number of H-pyrrole nitrogens is 1. The molecule has 2 aromatic rings. The van der Waals surface area contributed by atoms with Crippen LogP contribution in [0.15, 0.2) is 36.4 Å². The summed E-state index contributed by atoms with van der Waals surface area (Å²) in [6.45, 7) is 2.28. The Morgan fingerprint density at radius 3 is 2.75 bits per heavy atom. The summed E-state index contributed by atoms with van der Waals surface area (Å²) in [7, 11) is 0. The van der Waals surface area contributed by atoms with Crippen LogP contribution < -0.4 is 0 Å². The average Bonchev–Trinajstić information content (AvgIpc) is 2.96. The molecule has 1 fully saturated rings. The van der Waals surface area contributed by atoms with E-state index in [0.29, 0.717) is 10.6 Å². The lowest BCUT2D eigenvalue weighted by atomic mass is 10.0. The van der Waals surface area contributed by atoms with Crippen LogP contribution in [0.2, 0.25) is 0 Å². The Hall–Kier alpha value is -1.48. The first kappa shape index (κ1) is 13.5. The van der Waals surface area contributed by atoms with Gasteiger partial charge < -0.3 is 4.98 Å². The molecule has 104 valence electrons. The maximum Gasteiger partial charge on any atom is 0.130 e. The predicted octanol–water partition coefficient (Wildman–Crippen LogP) is 5.10. The van der Waals surface area contributed by atoms with Gasteiger partial charge in [0.05, 0.1) is 0 Å². The zero-order chi connectivity index (χ0) is 13.9. The molecule has 1 saturated carbocycles. The molecule has 1 aromatic heterocycles. The number of nitrogens with one attached hydrogen (secondary N) is 1. The van der Waals surface area contributed by atoms with Crippen molar-refractivity contribution in [3.05, 3.63) is 46.9 Å². The summed E-state index contributed by atoms with van der Waals surface area (Å²) in [6, 6.07) is 12.3. The normalized spacial score (nSPS) is 22.1. The molecule has 0 saturated heterocycles. The van der Waals surface area contributed by atoms with Crippen LogP contribution in [-0.4, -0.2) is 9.97 Å². The molecule has 2 unspecified atom stereocenters. The van der Waals surface area contributed by atoms with Gasteiger partial charge in [-0.2, -0.15) is 0 Å². The molecule has 0 spiro atoms. The highest BCUT2D eigenvalue weighted by molar-refractivity contribution is 7.71. The van der Waals surface area contributed by atoms with Gasteiger partial charge in [0.1, 0.15) is 10.5 Å². The Balaban J connectivity index is 1.94. The van der Waals surface area contributed by atoms with Gasteiger partial charge in [-0.3, -0.25) is 0 Å². The Kier molecular flexibility index (Phi) is 3.97. The number of benzene rings is 1. The topological polar surface area (TPSA) is 28.7 Å². The first-order valence-electron chi connectivity index (χ1n) is 7.43. The van der Waals surface area contributed by atoms with E-state index in [-0.39, 0.29) is 0 Å². The van der Waals surface area contributed by atoms with Crippen molar-refractivity contribution >= 4 is 12.2 Å². The van der Waals surface area contributed by atoms with Crippen LogP contribution >= 0.6 is 12.2 Å². The van der Waals surface area contributed by atoms with E-state index in [0.717, 1.165) is 17.4 Å². The quantitative estimate of drug-likeness (QED) is 0.794. The smallest absolute Gasteiger partial charge is 0.130 e. The highest BCUT2D eigenvalue weighted by Gasteiger charge is 2.26. The van der Waals surface area contributed by atoms with E-state index in [1.54, 1.807) is 0 Å². The molecule has 0 amide bonds. The van der Waals surface area contributed by atoms with E-state index in [1.807, 2.05) is 12.1 Å². The Morgan fingerprint density at radius 1 is 1.25 bits per heavy atom. The van der Waals surface area contributed by atoms with Crippen molar-refractivity contribution in [2.45, 2.75) is 38.5 Å². The van der Waals surface area contributed by atoms with Gasteiger partial charge in [-0.15, -0.1) is 0 Å². The average molecular weight is 284 g/mol. The van der Waals surface area contributed by atoms with Gasteiger partial charge in [0.15, 0.2) is 0 Å². The van der Waals surface area contributed by atoms with Crippen molar-refractivity contribution < 1.29 is 0 Å². The zero-order valence-corrected chi connectivity index (χ0v) is 12.6. The molecular weight excluding hydrogens is 264 g/mol. The molecule has 0 bridgehead atoms. The van der Waals surface area contributed by atoms with Crippen LogP contribution in [0.3, 0.4) is 0 Å². The fourth-order valence-corrected chi connectivity index (χ4v) is 3.35. The van der Waals surface area contributed by atoms with Crippen LogP contribution in [0.25, 0.3) is 11.3 Å². The van der Waals surface area contributed by atoms with E-state index in [2.05, 4.69) is 41.2 Å². The van der Waals surface area contributed by atoms with Crippen molar-refractivity contribution in [2.24, 2.45) is 5.92 Å². The largest absolute Gasteiger partial charge is 0.343 e. The van der Waals surface area contributed by atoms with E-state index in [4.69, 9.17) is 12.2 Å². The molecule has 0 radical (unpaired) electrons. The van der Waals surface area contributed by atoms with Crippen LogP contribution in [-0.2, 0) is 0 Å². The van der Waals surface area contributed by atoms with Crippen molar-refractivity contribution in [3.63, 3.8) is 0 Å². The van der Waals surface area contributed by atoms with Gasteiger partial charge >= 0.3 is 0 Å². The first-order chi connectivity index (χ1) is 9.76. The zero-order valence-electron chi connectivity index (χ0n) is 11.8. The maximum atomic E-state index is 5.35. The Morgan fingerprint density at radius 2 is 2.05 bits per heavy atom. The van der Waals surface area contributed by atoms with Crippen LogP contribution in [0.1, 0.15) is 44.3 Å². The molecule has 1 aromatic carbocycles. The standard InChI is InChI=1S/C17H20N2S/c1-2-12-8-9-14(10-12)17-18-15(11-16(20)19-17)13-6-4-3-5-7-13/h3-7,11-12,14H,2,8-10H2,1H3,(H,18,19,20). The van der Waals surface area contributed by atoms with Crippen molar-refractivity contribution in [3.8, 4) is 11.3 Å². The van der Waals surface area contributed by atoms with E-state index >= 15 is 0 Å². The molecule has 2 atom stereocenters. The fourth-order valence-electron chi connectivity index (χ4n) is 3.14. The second-order valence-corrected chi connectivity index (χ2v) is 6.09. The minimum atomic E-state index is 0.547. The Labute approximate surface area is 125 Å². The molecule has 2 nitrogen and oxygen atoms in total. The van der Waals surface area contributed by atoms with Gasteiger partial charge in [0, 0.05) is 11.6 Å². The number of aromatic amines is 1. The van der Waals surface area contributed by atoms with Gasteiger partial charge in [-0.25, -0.2) is 4.98 Å². The lowest BCUT2D eigenvalue weighted by Crippen LogP contribution is -2.03. The molecule has 3 heteroatoms. The minimum absolute atomic E-state index is 0.547. The summed E-state index contributed by atoms with van der Waals surface area (Å²) in [5.74, 6) is 2.47. The number of rotatable bonds is 3. The highest BCUT2D eigenvalue weighted by atomic mass is 32.1. The molecule has 20 heavy (non-hydrogen) atoms. The SMILES string of the molecule is CCC1CCC(c2nc(=S)cc(-c3ccccc3)[nH]2)C1. The van der Waals surface area contributed by atoms with E-state index in [1.165, 1.54) is 31.2 Å². The van der Waals surface area contributed by atoms with Gasteiger partial charge in [-0.05, 0) is 36.8 Å². The molecule has 1 N–H and O–H groups in total. The van der Waals surface area contributed by atoms with Crippen LogP contribution in [0.4, 0.5) is 0 Å². The summed E-state index contributed by atoms with van der Waals surface area (Å²) < 4.78 is 0.692. The Bertz CT molecular complexity index is 633. The third kappa shape index (κ3) is 2.83. The third-order valence-electron chi connectivity index (χ3n) is 4.35. The van der Waals surface area contributed by atoms with E-state index in [9.17, 15) is 0 Å². The highest BCUT2D eigenvalue weighted by Crippen LogP contribution is 2.38. The predicted molar refractivity (Wildman–Crippen MR) is 85.2 cm³/mol. The summed E-state index contributed by atoms with van der Waals surface area (Å²) in [5, 5.41) is 0. The second-order valence-electron chi connectivity index (χ2n) is 5.67. The fraction of sp³-hybridized carbons (Fsp3) is 0.412. The van der Waals surface area contributed by atoms with Crippen LogP contribution in [0, 0.1) is 10.6 Å². The monoisotopic (exact) mass is 284 g/mol. The summed E-state index contributed by atoms with van der Waals surface area (Å²) in [6.07, 6.45) is 5.07. The van der Waals surface area contributed by atoms with Gasteiger partial charge in [0.2, 0.25) is 0 Å². The van der Waals surface area contributed by atoms with Gasteiger partial charge in [-0.1, -0.05) is 55.9 Å². The number of nitrogens with zero attached hydrogens (tertiary/aromatic N) is 1. The summed E-state index contributed by atoms with van der Waals surface area (Å²) in [4.78, 5) is 8.08.